The second-order valence-corrected chi connectivity index (χ2v) is 7.24. The van der Waals surface area contributed by atoms with Gasteiger partial charge in [-0.25, -0.2) is 4.98 Å². The minimum absolute atomic E-state index is 0.109. The number of halogens is 1. The second kappa shape index (κ2) is 10.2. The van der Waals surface area contributed by atoms with Gasteiger partial charge in [0.2, 0.25) is 11.8 Å². The van der Waals surface area contributed by atoms with Gasteiger partial charge in [0, 0.05) is 22.3 Å². The summed E-state index contributed by atoms with van der Waals surface area (Å²) < 4.78 is 0. The van der Waals surface area contributed by atoms with Crippen LogP contribution in [0.1, 0.15) is 0 Å². The van der Waals surface area contributed by atoms with Crippen molar-refractivity contribution in [1.82, 2.24) is 15.8 Å². The summed E-state index contributed by atoms with van der Waals surface area (Å²) >= 11 is 13.4. The van der Waals surface area contributed by atoms with Gasteiger partial charge in [-0.2, -0.15) is 0 Å². The number of rotatable bonds is 6. The van der Waals surface area contributed by atoms with Crippen molar-refractivity contribution in [2.24, 2.45) is 0 Å². The lowest BCUT2D eigenvalue weighted by Crippen LogP contribution is -2.44. The Morgan fingerprint density at radius 3 is 2.72 bits per heavy atom. The first-order valence-corrected chi connectivity index (χ1v) is 9.73. The molecular weight excluding hydrogens is 402 g/mol. The molecule has 2 aromatic rings. The van der Waals surface area contributed by atoms with Crippen molar-refractivity contribution in [3.8, 4) is 0 Å². The van der Waals surface area contributed by atoms with Crippen LogP contribution in [0.15, 0.2) is 35.8 Å². The van der Waals surface area contributed by atoms with Gasteiger partial charge in [0.05, 0.1) is 11.5 Å². The maximum Gasteiger partial charge on any atom is 0.248 e. The van der Waals surface area contributed by atoms with Gasteiger partial charge in [0.25, 0.3) is 0 Å². The van der Waals surface area contributed by atoms with Gasteiger partial charge in [0.1, 0.15) is 0 Å². The molecule has 0 atom stereocenters. The zero-order valence-corrected chi connectivity index (χ0v) is 16.0. The number of anilines is 2. The van der Waals surface area contributed by atoms with Gasteiger partial charge in [-0.3, -0.25) is 20.4 Å². The van der Waals surface area contributed by atoms with E-state index in [1.54, 1.807) is 35.8 Å². The van der Waals surface area contributed by atoms with E-state index in [9.17, 15) is 9.59 Å². The number of nitrogens with one attached hydrogen (secondary N) is 4. The number of thioether (sulfide) groups is 1. The summed E-state index contributed by atoms with van der Waals surface area (Å²) in [6, 6.07) is 7.01. The van der Waals surface area contributed by atoms with Gasteiger partial charge >= 0.3 is 0 Å². The smallest absolute Gasteiger partial charge is 0.248 e. The first-order valence-electron chi connectivity index (χ1n) is 6.91. The fourth-order valence-corrected chi connectivity index (χ4v) is 3.09. The predicted molar refractivity (Wildman–Crippen MR) is 107 cm³/mol. The Bertz CT molecular complexity index is 742. The lowest BCUT2D eigenvalue weighted by Gasteiger charge is -2.11. The number of hydrogen-bond donors (Lipinski definition) is 4. The van der Waals surface area contributed by atoms with Crippen molar-refractivity contribution in [2.45, 2.75) is 0 Å². The average molecular weight is 416 g/mol. The Morgan fingerprint density at radius 2 is 2.00 bits per heavy atom. The highest BCUT2D eigenvalue weighted by Crippen LogP contribution is 2.14. The molecule has 0 aliphatic rings. The van der Waals surface area contributed by atoms with Crippen LogP contribution in [0, 0.1) is 0 Å². The fraction of sp³-hybridized carbons (Fsp3) is 0.143. The third-order valence-corrected chi connectivity index (χ3v) is 4.60. The van der Waals surface area contributed by atoms with Crippen LogP contribution in [0.25, 0.3) is 0 Å². The number of hydrogen-bond acceptors (Lipinski definition) is 6. The highest BCUT2D eigenvalue weighted by molar-refractivity contribution is 8.00. The van der Waals surface area contributed by atoms with Crippen molar-refractivity contribution >= 4 is 74.7 Å². The molecule has 0 fully saturated rings. The topological polar surface area (TPSA) is 95.2 Å². The molecule has 0 radical (unpaired) electrons. The molecule has 0 unspecified atom stereocenters. The molecule has 2 amide bonds. The highest BCUT2D eigenvalue weighted by atomic mass is 35.5. The quantitative estimate of drug-likeness (QED) is 0.425. The minimum Gasteiger partial charge on any atom is -0.331 e. The zero-order chi connectivity index (χ0) is 18.1. The van der Waals surface area contributed by atoms with Crippen LogP contribution in [0.3, 0.4) is 0 Å². The van der Waals surface area contributed by atoms with Crippen LogP contribution in [0.2, 0.25) is 5.02 Å². The van der Waals surface area contributed by atoms with Crippen molar-refractivity contribution in [1.29, 1.82) is 0 Å². The molecule has 25 heavy (non-hydrogen) atoms. The lowest BCUT2D eigenvalue weighted by atomic mass is 10.3. The standard InChI is InChI=1S/C14H14ClN5O2S3/c15-9-2-1-3-10(6-9)17-13(23)20-19-12(22)8-24-7-11(21)18-14-16-4-5-25-14/h1-6H,7-8H2,(H,19,22)(H,16,18,21)(H2,17,20,23). The van der Waals surface area contributed by atoms with E-state index in [1.807, 2.05) is 0 Å². The fourth-order valence-electron chi connectivity index (χ4n) is 1.57. The molecule has 11 heteroatoms. The number of thiocarbonyl (C=S) groups is 1. The van der Waals surface area contributed by atoms with Crippen molar-refractivity contribution in [3.63, 3.8) is 0 Å². The predicted octanol–water partition coefficient (Wildman–Crippen LogP) is 2.49. The molecule has 0 spiro atoms. The van der Waals surface area contributed by atoms with E-state index in [-0.39, 0.29) is 28.4 Å². The molecular formula is C14H14ClN5O2S3. The number of thiazole rings is 1. The SMILES string of the molecule is O=C(CSCC(=O)Nc1nccs1)NNC(=S)Nc1cccc(Cl)c1. The van der Waals surface area contributed by atoms with E-state index in [4.69, 9.17) is 23.8 Å². The monoisotopic (exact) mass is 415 g/mol. The Labute approximate surface area is 162 Å². The molecule has 0 aliphatic carbocycles. The molecule has 0 aliphatic heterocycles. The molecule has 7 nitrogen and oxygen atoms in total. The van der Waals surface area contributed by atoms with E-state index in [2.05, 4.69) is 26.5 Å². The first-order chi connectivity index (χ1) is 12.0. The van der Waals surface area contributed by atoms with Crippen LogP contribution in [0.4, 0.5) is 10.8 Å². The number of amides is 2. The van der Waals surface area contributed by atoms with Crippen LogP contribution >= 0.6 is 46.9 Å². The molecule has 4 N–H and O–H groups in total. The molecule has 2 rings (SSSR count). The van der Waals surface area contributed by atoms with E-state index in [0.717, 1.165) is 0 Å². The summed E-state index contributed by atoms with van der Waals surface area (Å²) in [6.07, 6.45) is 1.60. The van der Waals surface area contributed by atoms with Crippen molar-refractivity contribution in [3.05, 3.63) is 40.9 Å². The Hall–Kier alpha value is -1.88. The summed E-state index contributed by atoms with van der Waals surface area (Å²) in [6.45, 7) is 0. The summed E-state index contributed by atoms with van der Waals surface area (Å²) in [7, 11) is 0. The van der Waals surface area contributed by atoms with Crippen LogP contribution < -0.4 is 21.5 Å². The summed E-state index contributed by atoms with van der Waals surface area (Å²) in [5.74, 6) is -0.253. The zero-order valence-electron chi connectivity index (χ0n) is 12.7. The average Bonchev–Trinajstić information content (AvgIpc) is 3.06. The van der Waals surface area contributed by atoms with E-state index in [1.165, 1.54) is 23.1 Å². The van der Waals surface area contributed by atoms with Crippen LogP contribution in [-0.2, 0) is 9.59 Å². The Morgan fingerprint density at radius 1 is 1.20 bits per heavy atom. The maximum absolute atomic E-state index is 11.7. The maximum atomic E-state index is 11.7. The molecule has 1 aromatic heterocycles. The third kappa shape index (κ3) is 7.69. The Kier molecular flexibility index (Phi) is 7.92. The number of hydrazine groups is 1. The molecule has 0 bridgehead atoms. The largest absolute Gasteiger partial charge is 0.331 e. The Balaban J connectivity index is 1.60. The number of aromatic nitrogens is 1. The normalized spacial score (nSPS) is 9.96. The van der Waals surface area contributed by atoms with Gasteiger partial charge in [-0.15, -0.1) is 23.1 Å². The molecule has 0 saturated heterocycles. The molecule has 0 saturated carbocycles. The van der Waals surface area contributed by atoms with Gasteiger partial charge in [-0.05, 0) is 30.4 Å². The van der Waals surface area contributed by atoms with Gasteiger partial charge in [-0.1, -0.05) is 17.7 Å². The van der Waals surface area contributed by atoms with E-state index in [0.29, 0.717) is 15.8 Å². The second-order valence-electron chi connectivity index (χ2n) is 4.52. The number of nitrogens with zero attached hydrogens (tertiary/aromatic N) is 1. The van der Waals surface area contributed by atoms with Gasteiger partial charge in [0.15, 0.2) is 10.2 Å². The van der Waals surface area contributed by atoms with Crippen LogP contribution in [-0.4, -0.2) is 33.4 Å². The molecule has 1 heterocycles. The third-order valence-electron chi connectivity index (χ3n) is 2.54. The summed E-state index contributed by atoms with van der Waals surface area (Å²) in [4.78, 5) is 27.3. The first kappa shape index (κ1) is 19.4. The van der Waals surface area contributed by atoms with Crippen LogP contribution in [0.5, 0.6) is 0 Å². The minimum atomic E-state index is -0.303. The summed E-state index contributed by atoms with van der Waals surface area (Å²) in [5, 5.41) is 8.62. The molecule has 132 valence electrons. The molecule has 1 aromatic carbocycles. The highest BCUT2D eigenvalue weighted by Gasteiger charge is 2.07. The van der Waals surface area contributed by atoms with E-state index >= 15 is 0 Å². The summed E-state index contributed by atoms with van der Waals surface area (Å²) in [5.41, 5.74) is 5.73. The van der Waals surface area contributed by atoms with Crippen molar-refractivity contribution < 1.29 is 9.59 Å². The van der Waals surface area contributed by atoms with Gasteiger partial charge < -0.3 is 10.6 Å². The number of carbonyl (C=O) groups excluding carboxylic acids is 2. The number of carbonyl (C=O) groups is 2. The van der Waals surface area contributed by atoms with E-state index < -0.39 is 0 Å². The lowest BCUT2D eigenvalue weighted by molar-refractivity contribution is -0.119. The van der Waals surface area contributed by atoms with Crippen molar-refractivity contribution in [2.75, 3.05) is 22.1 Å². The number of benzene rings is 1.